The summed E-state index contributed by atoms with van der Waals surface area (Å²) in [5, 5.41) is 7.03. The number of methoxy groups -OCH3 is 1. The molecule has 0 fully saturated rings. The van der Waals surface area contributed by atoms with Crippen LogP contribution in [0.15, 0.2) is 18.3 Å². The highest BCUT2D eigenvalue weighted by Crippen LogP contribution is 2.26. The van der Waals surface area contributed by atoms with Gasteiger partial charge in [0.1, 0.15) is 5.82 Å². The number of carbonyl (C=O) groups is 1. The molecular weight excluding hydrogens is 263 g/mol. The van der Waals surface area contributed by atoms with Crippen molar-refractivity contribution in [3.8, 4) is 0 Å². The molecule has 1 aromatic carbocycles. The zero-order valence-electron chi connectivity index (χ0n) is 11.4. The number of nitrogens with two attached hydrogens (primary N) is 1. The van der Waals surface area contributed by atoms with Crippen molar-refractivity contribution in [3.63, 3.8) is 0 Å². The van der Waals surface area contributed by atoms with Gasteiger partial charge in [0, 0.05) is 18.9 Å². The summed E-state index contributed by atoms with van der Waals surface area (Å²) >= 11 is 0. The van der Waals surface area contributed by atoms with Crippen molar-refractivity contribution >= 4 is 23.0 Å². The molecule has 7 heteroatoms. The Bertz CT molecular complexity index is 667. The van der Waals surface area contributed by atoms with Crippen molar-refractivity contribution in [1.29, 1.82) is 0 Å². The summed E-state index contributed by atoms with van der Waals surface area (Å²) in [4.78, 5) is 11.6. The van der Waals surface area contributed by atoms with E-state index in [1.165, 1.54) is 13.2 Å². The first-order valence-corrected chi connectivity index (χ1v) is 5.87. The molecule has 0 saturated carbocycles. The number of halogens is 1. The van der Waals surface area contributed by atoms with Crippen LogP contribution in [-0.4, -0.2) is 22.9 Å². The molecule has 6 nitrogen and oxygen atoms in total. The Kier molecular flexibility index (Phi) is 3.60. The van der Waals surface area contributed by atoms with E-state index < -0.39 is 11.8 Å². The van der Waals surface area contributed by atoms with Crippen LogP contribution in [0.1, 0.15) is 16.1 Å². The van der Waals surface area contributed by atoms with Crippen molar-refractivity contribution in [1.82, 2.24) is 9.78 Å². The maximum atomic E-state index is 13.9. The van der Waals surface area contributed by atoms with Gasteiger partial charge in [0.05, 0.1) is 29.7 Å². The molecule has 0 aliphatic rings. The number of esters is 1. The number of ether oxygens (including phenoxy) is 1. The standard InChI is InChI=1S/C13H15FN4O2/c1-7-12(6-18(2)17-7)16-11-4-8(13(19)20-3)10(15)5-9(11)14/h4-6,16H,15H2,1-3H3. The lowest BCUT2D eigenvalue weighted by Gasteiger charge is -2.10. The predicted octanol–water partition coefficient (Wildman–Crippen LogP) is 1.98. The van der Waals surface area contributed by atoms with Crippen LogP contribution in [-0.2, 0) is 11.8 Å². The van der Waals surface area contributed by atoms with Crippen molar-refractivity contribution in [3.05, 3.63) is 35.4 Å². The summed E-state index contributed by atoms with van der Waals surface area (Å²) in [6.45, 7) is 1.79. The lowest BCUT2D eigenvalue weighted by Crippen LogP contribution is -2.07. The maximum absolute atomic E-state index is 13.9. The van der Waals surface area contributed by atoms with Gasteiger partial charge in [-0.15, -0.1) is 0 Å². The second-order valence-electron chi connectivity index (χ2n) is 4.34. The predicted molar refractivity (Wildman–Crippen MR) is 73.4 cm³/mol. The molecule has 3 N–H and O–H groups in total. The summed E-state index contributed by atoms with van der Waals surface area (Å²) in [6.07, 6.45) is 1.71. The topological polar surface area (TPSA) is 82.2 Å². The molecule has 0 radical (unpaired) electrons. The van der Waals surface area contributed by atoms with Crippen LogP contribution in [0.2, 0.25) is 0 Å². The Morgan fingerprint density at radius 2 is 2.15 bits per heavy atom. The molecule has 1 aromatic heterocycles. The number of aryl methyl sites for hydroxylation is 2. The average Bonchev–Trinajstić information content (AvgIpc) is 2.70. The van der Waals surface area contributed by atoms with Crippen LogP contribution >= 0.6 is 0 Å². The normalized spacial score (nSPS) is 10.4. The first-order valence-electron chi connectivity index (χ1n) is 5.87. The quantitative estimate of drug-likeness (QED) is 0.662. The highest BCUT2D eigenvalue weighted by Gasteiger charge is 2.15. The van der Waals surface area contributed by atoms with Crippen molar-refractivity contribution in [2.75, 3.05) is 18.2 Å². The smallest absolute Gasteiger partial charge is 0.340 e. The van der Waals surface area contributed by atoms with Crippen LogP contribution in [0.5, 0.6) is 0 Å². The average molecular weight is 278 g/mol. The number of anilines is 3. The number of aromatic nitrogens is 2. The van der Waals surface area contributed by atoms with E-state index in [9.17, 15) is 9.18 Å². The van der Waals surface area contributed by atoms with Gasteiger partial charge in [-0.2, -0.15) is 5.10 Å². The minimum Gasteiger partial charge on any atom is -0.465 e. The summed E-state index contributed by atoms with van der Waals surface area (Å²) in [5.41, 5.74) is 7.24. The monoisotopic (exact) mass is 278 g/mol. The Morgan fingerprint density at radius 3 is 2.70 bits per heavy atom. The SMILES string of the molecule is COC(=O)c1cc(Nc2cn(C)nc2C)c(F)cc1N. The number of nitrogens with one attached hydrogen (secondary N) is 1. The van der Waals surface area contributed by atoms with E-state index in [1.807, 2.05) is 0 Å². The fourth-order valence-corrected chi connectivity index (χ4v) is 1.84. The van der Waals surface area contributed by atoms with Crippen LogP contribution in [0, 0.1) is 12.7 Å². The number of rotatable bonds is 3. The van der Waals surface area contributed by atoms with Crippen LogP contribution < -0.4 is 11.1 Å². The van der Waals surface area contributed by atoms with Crippen molar-refractivity contribution < 1.29 is 13.9 Å². The summed E-state index contributed by atoms with van der Waals surface area (Å²) in [6, 6.07) is 2.41. The van der Waals surface area contributed by atoms with E-state index in [0.29, 0.717) is 11.4 Å². The fourth-order valence-electron chi connectivity index (χ4n) is 1.84. The Hall–Kier alpha value is -2.57. The highest BCUT2D eigenvalue weighted by atomic mass is 19.1. The summed E-state index contributed by atoms with van der Waals surface area (Å²) in [5.74, 6) is -1.17. The summed E-state index contributed by atoms with van der Waals surface area (Å²) in [7, 11) is 3.00. The molecule has 0 aliphatic carbocycles. The second kappa shape index (κ2) is 5.20. The number of carbonyl (C=O) groups excluding carboxylic acids is 1. The van der Waals surface area contributed by atoms with E-state index in [2.05, 4.69) is 15.2 Å². The maximum Gasteiger partial charge on any atom is 0.340 e. The van der Waals surface area contributed by atoms with Crippen molar-refractivity contribution in [2.24, 2.45) is 7.05 Å². The third-order valence-electron chi connectivity index (χ3n) is 2.83. The molecule has 0 spiro atoms. The van der Waals surface area contributed by atoms with Gasteiger partial charge >= 0.3 is 5.97 Å². The Labute approximate surface area is 115 Å². The third kappa shape index (κ3) is 2.56. The van der Waals surface area contributed by atoms with Crippen LogP contribution in [0.25, 0.3) is 0 Å². The minimum atomic E-state index is -0.617. The van der Waals surface area contributed by atoms with Gasteiger partial charge in [0.25, 0.3) is 0 Å². The van der Waals surface area contributed by atoms with Gasteiger partial charge in [-0.3, -0.25) is 4.68 Å². The van der Waals surface area contributed by atoms with Crippen LogP contribution in [0.3, 0.4) is 0 Å². The zero-order valence-corrected chi connectivity index (χ0v) is 11.4. The molecule has 0 bridgehead atoms. The fraction of sp³-hybridized carbons (Fsp3) is 0.231. The van der Waals surface area contributed by atoms with E-state index in [1.54, 1.807) is 24.9 Å². The number of hydrogen-bond acceptors (Lipinski definition) is 5. The van der Waals surface area contributed by atoms with Gasteiger partial charge < -0.3 is 15.8 Å². The molecule has 0 aliphatic heterocycles. The molecule has 0 saturated heterocycles. The van der Waals surface area contributed by atoms with Crippen LogP contribution in [0.4, 0.5) is 21.5 Å². The molecule has 20 heavy (non-hydrogen) atoms. The van der Waals surface area contributed by atoms with E-state index >= 15 is 0 Å². The zero-order chi connectivity index (χ0) is 14.9. The largest absolute Gasteiger partial charge is 0.465 e. The molecule has 2 rings (SSSR count). The van der Waals surface area contributed by atoms with Gasteiger partial charge in [0.15, 0.2) is 0 Å². The molecular formula is C13H15FN4O2. The van der Waals surface area contributed by atoms with E-state index in [4.69, 9.17) is 5.73 Å². The highest BCUT2D eigenvalue weighted by molar-refractivity contribution is 5.96. The Balaban J connectivity index is 2.41. The second-order valence-corrected chi connectivity index (χ2v) is 4.34. The molecule has 0 amide bonds. The lowest BCUT2D eigenvalue weighted by molar-refractivity contribution is 0.0602. The molecule has 106 valence electrons. The lowest BCUT2D eigenvalue weighted by atomic mass is 10.1. The number of nitrogens with zero attached hydrogens (tertiary/aromatic N) is 2. The van der Waals surface area contributed by atoms with Crippen molar-refractivity contribution in [2.45, 2.75) is 6.92 Å². The van der Waals surface area contributed by atoms with Gasteiger partial charge in [-0.05, 0) is 19.1 Å². The third-order valence-corrected chi connectivity index (χ3v) is 2.83. The molecule has 1 heterocycles. The molecule has 2 aromatic rings. The van der Waals surface area contributed by atoms with Gasteiger partial charge in [0.2, 0.25) is 0 Å². The number of nitrogen functional groups attached to an aromatic ring is 1. The first-order chi connectivity index (χ1) is 9.42. The van der Waals surface area contributed by atoms with Gasteiger partial charge in [-0.25, -0.2) is 9.18 Å². The molecule has 0 unspecified atom stereocenters. The van der Waals surface area contributed by atoms with E-state index in [-0.39, 0.29) is 16.9 Å². The van der Waals surface area contributed by atoms with Gasteiger partial charge in [-0.1, -0.05) is 0 Å². The number of hydrogen-bond donors (Lipinski definition) is 2. The number of benzene rings is 1. The first kappa shape index (κ1) is 13.9. The molecule has 0 atom stereocenters. The van der Waals surface area contributed by atoms with E-state index in [0.717, 1.165) is 6.07 Å². The summed E-state index contributed by atoms with van der Waals surface area (Å²) < 4.78 is 20.1. The Morgan fingerprint density at radius 1 is 1.45 bits per heavy atom. The minimum absolute atomic E-state index is 0.0304.